The standard InChI is InChI=1S/C21H20N6O/c1-15(28-18-8-5-9-23-12-18)13-27-14-26-19(16-6-3-2-4-7-16)20(27)17-10-24-21(22)25-11-17/h2-12,14-15H,13H2,1H3,(H2,22,24,25)/t15-/m0/s1. The molecule has 7 heteroatoms. The molecular weight excluding hydrogens is 352 g/mol. The molecule has 0 fully saturated rings. The van der Waals surface area contributed by atoms with Gasteiger partial charge in [-0.3, -0.25) is 4.98 Å². The van der Waals surface area contributed by atoms with Gasteiger partial charge in [-0.1, -0.05) is 30.3 Å². The van der Waals surface area contributed by atoms with Gasteiger partial charge < -0.3 is 15.0 Å². The van der Waals surface area contributed by atoms with Gasteiger partial charge in [0.05, 0.1) is 30.5 Å². The number of imidazole rings is 1. The van der Waals surface area contributed by atoms with Gasteiger partial charge >= 0.3 is 0 Å². The molecule has 3 aromatic heterocycles. The van der Waals surface area contributed by atoms with Crippen molar-refractivity contribution in [2.75, 3.05) is 5.73 Å². The maximum absolute atomic E-state index is 5.98. The fourth-order valence-corrected chi connectivity index (χ4v) is 3.05. The largest absolute Gasteiger partial charge is 0.487 e. The van der Waals surface area contributed by atoms with E-state index in [-0.39, 0.29) is 12.1 Å². The highest BCUT2D eigenvalue weighted by Gasteiger charge is 2.18. The molecule has 0 bridgehead atoms. The lowest BCUT2D eigenvalue weighted by Gasteiger charge is -2.17. The molecule has 140 valence electrons. The van der Waals surface area contributed by atoms with Gasteiger partial charge in [0.25, 0.3) is 0 Å². The number of aromatic nitrogens is 5. The van der Waals surface area contributed by atoms with E-state index in [2.05, 4.69) is 24.5 Å². The Morgan fingerprint density at radius 1 is 0.964 bits per heavy atom. The summed E-state index contributed by atoms with van der Waals surface area (Å²) in [5.41, 5.74) is 9.32. The monoisotopic (exact) mass is 372 g/mol. The molecule has 7 nitrogen and oxygen atoms in total. The van der Waals surface area contributed by atoms with E-state index in [1.807, 2.05) is 55.7 Å². The minimum absolute atomic E-state index is 0.0875. The zero-order valence-corrected chi connectivity index (χ0v) is 15.4. The van der Waals surface area contributed by atoms with Crippen molar-refractivity contribution < 1.29 is 4.74 Å². The van der Waals surface area contributed by atoms with Crippen molar-refractivity contribution >= 4 is 5.95 Å². The number of anilines is 1. The van der Waals surface area contributed by atoms with Gasteiger partial charge in [-0.05, 0) is 19.1 Å². The van der Waals surface area contributed by atoms with E-state index in [1.165, 1.54) is 0 Å². The van der Waals surface area contributed by atoms with E-state index >= 15 is 0 Å². The van der Waals surface area contributed by atoms with Gasteiger partial charge in [0, 0.05) is 29.7 Å². The number of rotatable bonds is 6. The molecule has 4 aromatic rings. The van der Waals surface area contributed by atoms with Gasteiger partial charge in [0.2, 0.25) is 5.95 Å². The number of hydrogen-bond acceptors (Lipinski definition) is 6. The van der Waals surface area contributed by atoms with E-state index in [4.69, 9.17) is 10.5 Å². The van der Waals surface area contributed by atoms with Crippen LogP contribution in [-0.4, -0.2) is 30.6 Å². The molecule has 0 saturated carbocycles. The molecule has 0 radical (unpaired) electrons. The first-order valence-corrected chi connectivity index (χ1v) is 8.96. The Bertz CT molecular complexity index is 1030. The first-order valence-electron chi connectivity index (χ1n) is 8.96. The van der Waals surface area contributed by atoms with Crippen molar-refractivity contribution in [3.63, 3.8) is 0 Å². The third-order valence-corrected chi connectivity index (χ3v) is 4.26. The third kappa shape index (κ3) is 3.83. The summed E-state index contributed by atoms with van der Waals surface area (Å²) >= 11 is 0. The number of benzene rings is 1. The number of nitrogens with two attached hydrogens (primary N) is 1. The second kappa shape index (κ2) is 7.87. The topological polar surface area (TPSA) is 91.7 Å². The van der Waals surface area contributed by atoms with Crippen LogP contribution in [0.4, 0.5) is 5.95 Å². The summed E-state index contributed by atoms with van der Waals surface area (Å²) in [5.74, 6) is 0.972. The van der Waals surface area contributed by atoms with Crippen LogP contribution in [0.15, 0.2) is 73.6 Å². The van der Waals surface area contributed by atoms with E-state index in [0.717, 1.165) is 28.3 Å². The smallest absolute Gasteiger partial charge is 0.219 e. The fraction of sp³-hybridized carbons (Fsp3) is 0.143. The fourth-order valence-electron chi connectivity index (χ4n) is 3.05. The van der Waals surface area contributed by atoms with Gasteiger partial charge in [0.1, 0.15) is 11.9 Å². The maximum Gasteiger partial charge on any atom is 0.219 e. The highest BCUT2D eigenvalue weighted by Crippen LogP contribution is 2.31. The first-order chi connectivity index (χ1) is 13.7. The Morgan fingerprint density at radius 2 is 1.75 bits per heavy atom. The second-order valence-electron chi connectivity index (χ2n) is 6.41. The van der Waals surface area contributed by atoms with Crippen LogP contribution in [0.1, 0.15) is 6.92 Å². The summed E-state index contributed by atoms with van der Waals surface area (Å²) < 4.78 is 8.03. The molecular formula is C21H20N6O. The summed E-state index contributed by atoms with van der Waals surface area (Å²) in [7, 11) is 0. The van der Waals surface area contributed by atoms with Gasteiger partial charge in [-0.15, -0.1) is 0 Å². The van der Waals surface area contributed by atoms with Crippen molar-refractivity contribution in [3.05, 3.63) is 73.6 Å². The van der Waals surface area contributed by atoms with Crippen molar-refractivity contribution in [2.24, 2.45) is 0 Å². The second-order valence-corrected chi connectivity index (χ2v) is 6.41. The van der Waals surface area contributed by atoms with Crippen molar-refractivity contribution in [1.82, 2.24) is 24.5 Å². The molecule has 0 aliphatic carbocycles. The van der Waals surface area contributed by atoms with E-state index < -0.39 is 0 Å². The summed E-state index contributed by atoms with van der Waals surface area (Å²) in [4.78, 5) is 17.0. The van der Waals surface area contributed by atoms with Crippen molar-refractivity contribution in [2.45, 2.75) is 19.6 Å². The SMILES string of the molecule is C[C@@H](Cn1cnc(-c2ccccc2)c1-c1cnc(N)nc1)Oc1cccnc1. The minimum Gasteiger partial charge on any atom is -0.487 e. The van der Waals surface area contributed by atoms with E-state index in [1.54, 1.807) is 24.8 Å². The molecule has 4 rings (SSSR count). The van der Waals surface area contributed by atoms with Crippen LogP contribution in [0, 0.1) is 0 Å². The highest BCUT2D eigenvalue weighted by atomic mass is 16.5. The Kier molecular flexibility index (Phi) is 4.97. The van der Waals surface area contributed by atoms with E-state index in [9.17, 15) is 0 Å². The third-order valence-electron chi connectivity index (χ3n) is 4.26. The van der Waals surface area contributed by atoms with Crippen LogP contribution < -0.4 is 10.5 Å². The summed E-state index contributed by atoms with van der Waals surface area (Å²) in [6.07, 6.45) is 8.59. The zero-order chi connectivity index (χ0) is 19.3. The molecule has 0 aliphatic heterocycles. The maximum atomic E-state index is 5.98. The highest BCUT2D eigenvalue weighted by molar-refractivity contribution is 5.78. The number of pyridine rings is 1. The van der Waals surface area contributed by atoms with Crippen molar-refractivity contribution in [1.29, 1.82) is 0 Å². The molecule has 1 aromatic carbocycles. The number of hydrogen-bond donors (Lipinski definition) is 1. The van der Waals surface area contributed by atoms with Gasteiger partial charge in [-0.2, -0.15) is 0 Å². The van der Waals surface area contributed by atoms with Crippen LogP contribution in [0.25, 0.3) is 22.5 Å². The molecule has 0 unspecified atom stereocenters. The normalized spacial score (nSPS) is 11.9. The average molecular weight is 372 g/mol. The molecule has 0 spiro atoms. The molecule has 0 amide bonds. The lowest BCUT2D eigenvalue weighted by molar-refractivity contribution is 0.199. The zero-order valence-electron chi connectivity index (χ0n) is 15.4. The Morgan fingerprint density at radius 3 is 2.46 bits per heavy atom. The molecule has 2 N–H and O–H groups in total. The lowest BCUT2D eigenvalue weighted by Crippen LogP contribution is -2.19. The Hall–Kier alpha value is -3.74. The molecule has 3 heterocycles. The summed E-state index contributed by atoms with van der Waals surface area (Å²) in [6, 6.07) is 13.8. The first kappa shape index (κ1) is 17.7. The summed E-state index contributed by atoms with van der Waals surface area (Å²) in [6.45, 7) is 2.62. The summed E-state index contributed by atoms with van der Waals surface area (Å²) in [5, 5.41) is 0. The molecule has 28 heavy (non-hydrogen) atoms. The van der Waals surface area contributed by atoms with Gasteiger partial charge in [0.15, 0.2) is 0 Å². The van der Waals surface area contributed by atoms with Crippen LogP contribution >= 0.6 is 0 Å². The van der Waals surface area contributed by atoms with Crippen LogP contribution in [0.2, 0.25) is 0 Å². The van der Waals surface area contributed by atoms with Crippen LogP contribution in [-0.2, 0) is 6.54 Å². The predicted octanol–water partition coefficient (Wildman–Crippen LogP) is 3.45. The number of ether oxygens (including phenoxy) is 1. The average Bonchev–Trinajstić information content (AvgIpc) is 3.13. The molecule has 0 aliphatic rings. The number of nitrogen functional groups attached to an aromatic ring is 1. The predicted molar refractivity (Wildman–Crippen MR) is 107 cm³/mol. The molecule has 1 atom stereocenters. The minimum atomic E-state index is -0.0875. The Labute approximate surface area is 162 Å². The number of nitrogens with zero attached hydrogens (tertiary/aromatic N) is 5. The van der Waals surface area contributed by atoms with E-state index in [0.29, 0.717) is 6.54 Å². The quantitative estimate of drug-likeness (QED) is 0.557. The van der Waals surface area contributed by atoms with Gasteiger partial charge in [-0.25, -0.2) is 15.0 Å². The van der Waals surface area contributed by atoms with Crippen LogP contribution in [0.3, 0.4) is 0 Å². The molecule has 0 saturated heterocycles. The lowest BCUT2D eigenvalue weighted by atomic mass is 10.1. The van der Waals surface area contributed by atoms with Crippen LogP contribution in [0.5, 0.6) is 5.75 Å². The van der Waals surface area contributed by atoms with Crippen molar-refractivity contribution in [3.8, 4) is 28.3 Å². The Balaban J connectivity index is 1.69.